The predicted octanol–water partition coefficient (Wildman–Crippen LogP) is 4.38. The minimum absolute atomic E-state index is 0.140. The Morgan fingerprint density at radius 1 is 1.11 bits per heavy atom. The van der Waals surface area contributed by atoms with Crippen LogP contribution in [0.4, 0.5) is 29.2 Å². The molecule has 4 aromatic rings. The lowest BCUT2D eigenvalue weighted by atomic mass is 10.0. The van der Waals surface area contributed by atoms with Crippen molar-refractivity contribution < 1.29 is 26.0 Å². The van der Waals surface area contributed by atoms with Gasteiger partial charge in [0.05, 0.1) is 22.9 Å². The molecule has 0 spiro atoms. The molecule has 2 atom stereocenters. The van der Waals surface area contributed by atoms with Crippen molar-refractivity contribution in [2.24, 2.45) is 0 Å². The van der Waals surface area contributed by atoms with Gasteiger partial charge in [0.1, 0.15) is 17.5 Å². The maximum Gasteiger partial charge on any atom is 0.260 e. The van der Waals surface area contributed by atoms with Crippen molar-refractivity contribution in [2.75, 3.05) is 23.1 Å². The second-order valence-electron chi connectivity index (χ2n) is 10.7. The minimum atomic E-state index is -4.41. The molecule has 0 unspecified atom stereocenters. The fourth-order valence-electron chi connectivity index (χ4n) is 5.01. The molecule has 10 nitrogen and oxygen atoms in total. The Morgan fingerprint density at radius 2 is 1.84 bits per heavy atom. The van der Waals surface area contributed by atoms with Crippen LogP contribution in [0.15, 0.2) is 47.4 Å². The van der Waals surface area contributed by atoms with Crippen LogP contribution in [-0.2, 0) is 15.8 Å². The van der Waals surface area contributed by atoms with Crippen molar-refractivity contribution in [1.82, 2.24) is 19.9 Å². The second-order valence-corrected chi connectivity index (χ2v) is 12.4. The molecule has 0 radical (unpaired) electrons. The number of hydrogen-bond acceptors (Lipinski definition) is 8. The van der Waals surface area contributed by atoms with Gasteiger partial charge in [-0.2, -0.15) is 10.2 Å². The first-order chi connectivity index (χ1) is 20.9. The van der Waals surface area contributed by atoms with E-state index in [9.17, 15) is 17.6 Å². The quantitative estimate of drug-likeness (QED) is 0.193. The molecule has 3 N–H and O–H groups in total. The molecule has 1 saturated heterocycles. The average Bonchev–Trinajstić information content (AvgIpc) is 2.97. The molecule has 1 aliphatic rings. The number of hydrogen-bond donors (Lipinski definition) is 3. The molecule has 1 aliphatic heterocycles. The molecule has 15 heteroatoms. The van der Waals surface area contributed by atoms with Crippen LogP contribution in [0.2, 0.25) is 0 Å². The van der Waals surface area contributed by atoms with E-state index in [0.717, 1.165) is 0 Å². The summed E-state index contributed by atoms with van der Waals surface area (Å²) in [6.07, 6.45) is 0.548. The summed E-state index contributed by atoms with van der Waals surface area (Å²) in [6, 6.07) is 8.30. The molecular formula is C29H27F4N7O3S. The fraction of sp³-hybridized carbons (Fsp3) is 0.310. The normalized spacial score (nSPS) is 17.0. The number of benzene rings is 2. The second kappa shape index (κ2) is 12.2. The number of fused-ring (bicyclic) bond motifs is 1. The zero-order valence-electron chi connectivity index (χ0n) is 23.5. The van der Waals surface area contributed by atoms with E-state index in [4.69, 9.17) is 5.26 Å². The molecule has 0 bridgehead atoms. The summed E-state index contributed by atoms with van der Waals surface area (Å²) in [5, 5.41) is 15.1. The number of anilines is 2. The third-order valence-corrected chi connectivity index (χ3v) is 8.29. The molecule has 1 fully saturated rings. The van der Waals surface area contributed by atoms with Crippen LogP contribution in [0, 0.1) is 28.8 Å². The number of alkyl halides is 1. The van der Waals surface area contributed by atoms with Gasteiger partial charge in [-0.3, -0.25) is 14.1 Å². The van der Waals surface area contributed by atoms with E-state index >= 15 is 13.2 Å². The summed E-state index contributed by atoms with van der Waals surface area (Å²) < 4.78 is 88.0. The first-order valence-electron chi connectivity index (χ1n) is 13.6. The zero-order chi connectivity index (χ0) is 31.8. The van der Waals surface area contributed by atoms with Gasteiger partial charge < -0.3 is 10.6 Å². The number of halogens is 4. The van der Waals surface area contributed by atoms with Crippen molar-refractivity contribution in [3.8, 4) is 17.2 Å². The van der Waals surface area contributed by atoms with E-state index in [1.165, 1.54) is 41.1 Å². The van der Waals surface area contributed by atoms with Gasteiger partial charge >= 0.3 is 0 Å². The molecule has 230 valence electrons. The molecule has 0 amide bonds. The number of nitriles is 1. The van der Waals surface area contributed by atoms with E-state index in [2.05, 4.69) is 20.6 Å². The van der Waals surface area contributed by atoms with Crippen molar-refractivity contribution in [3.63, 3.8) is 0 Å². The molecule has 0 aliphatic carbocycles. The van der Waals surface area contributed by atoms with Gasteiger partial charge in [-0.1, -0.05) is 12.1 Å². The van der Waals surface area contributed by atoms with Gasteiger partial charge in [-0.15, -0.1) is 0 Å². The van der Waals surface area contributed by atoms with Crippen LogP contribution in [0.25, 0.3) is 22.2 Å². The van der Waals surface area contributed by atoms with Crippen LogP contribution < -0.4 is 20.9 Å². The Kier molecular flexibility index (Phi) is 8.57. The highest BCUT2D eigenvalue weighted by Gasteiger charge is 2.27. The third-order valence-electron chi connectivity index (χ3n) is 7.07. The largest absolute Gasteiger partial charge is 0.350 e. The fourth-order valence-corrected chi connectivity index (χ4v) is 6.22. The van der Waals surface area contributed by atoms with Gasteiger partial charge in [0.15, 0.2) is 17.5 Å². The Morgan fingerprint density at radius 3 is 2.50 bits per heavy atom. The number of nitrogens with zero attached hydrogens (tertiary/aromatic N) is 4. The predicted molar refractivity (Wildman–Crippen MR) is 157 cm³/mol. The Bertz CT molecular complexity index is 1940. The molecule has 5 rings (SSSR count). The molecule has 44 heavy (non-hydrogen) atoms. The number of rotatable bonds is 8. The van der Waals surface area contributed by atoms with E-state index in [1.807, 2.05) is 6.07 Å². The maximum atomic E-state index is 15.4. The van der Waals surface area contributed by atoms with Gasteiger partial charge in [0.2, 0.25) is 16.0 Å². The number of aromatic nitrogens is 3. The summed E-state index contributed by atoms with van der Waals surface area (Å²) in [4.78, 5) is 22.2. The van der Waals surface area contributed by atoms with Gasteiger partial charge in [0.25, 0.3) is 5.56 Å². The topological polar surface area (TPSA) is 142 Å². The van der Waals surface area contributed by atoms with Gasteiger partial charge in [-0.05, 0) is 43.7 Å². The Balaban J connectivity index is 1.50. The number of sulfonamides is 1. The monoisotopic (exact) mass is 629 g/mol. The maximum absolute atomic E-state index is 15.4. The first-order valence-corrected chi connectivity index (χ1v) is 15.2. The summed E-state index contributed by atoms with van der Waals surface area (Å²) in [7, 11) is -4.41. The Labute approximate surface area is 249 Å². The average molecular weight is 630 g/mol. The number of nitrogens with one attached hydrogen (secondary N) is 3. The van der Waals surface area contributed by atoms with Crippen LogP contribution in [0.5, 0.6) is 0 Å². The highest BCUT2D eigenvalue weighted by molar-refractivity contribution is 7.91. The summed E-state index contributed by atoms with van der Waals surface area (Å²) in [5.41, 5.74) is -2.47. The highest BCUT2D eigenvalue weighted by atomic mass is 32.2. The minimum Gasteiger partial charge on any atom is -0.350 e. The van der Waals surface area contributed by atoms with Crippen molar-refractivity contribution in [3.05, 3.63) is 81.5 Å². The van der Waals surface area contributed by atoms with E-state index in [0.29, 0.717) is 12.6 Å². The lowest BCUT2D eigenvalue weighted by molar-refractivity contribution is 0.254. The summed E-state index contributed by atoms with van der Waals surface area (Å²) in [6.45, 7) is 4.06. The summed E-state index contributed by atoms with van der Waals surface area (Å²) in [5.74, 6) is -5.48. The number of piperidine rings is 1. The lowest BCUT2D eigenvalue weighted by Crippen LogP contribution is -2.44. The third kappa shape index (κ3) is 6.36. The van der Waals surface area contributed by atoms with Crippen LogP contribution in [-0.4, -0.2) is 48.3 Å². The van der Waals surface area contributed by atoms with Crippen molar-refractivity contribution in [1.29, 1.82) is 5.26 Å². The van der Waals surface area contributed by atoms with E-state index in [1.54, 1.807) is 18.6 Å². The molecule has 0 saturated carbocycles. The molecular weight excluding hydrogens is 602 g/mol. The van der Waals surface area contributed by atoms with E-state index in [-0.39, 0.29) is 47.1 Å². The zero-order valence-corrected chi connectivity index (χ0v) is 24.4. The summed E-state index contributed by atoms with van der Waals surface area (Å²) >= 11 is 0. The SMILES string of the molecule is CC(C)n1c(=O)c(-c2cc(F)c(NS(=O)(=O)Cc3ccc(C#N)cc3)c(F)c2F)cc2cnc(N[C@@H]3CNC[C@@H](F)C3)nc21. The Hall–Kier alpha value is -4.55. The lowest BCUT2D eigenvalue weighted by Gasteiger charge is -2.26. The van der Waals surface area contributed by atoms with Gasteiger partial charge in [-0.25, -0.2) is 31.0 Å². The van der Waals surface area contributed by atoms with Crippen LogP contribution >= 0.6 is 0 Å². The van der Waals surface area contributed by atoms with Crippen molar-refractivity contribution in [2.45, 2.75) is 44.3 Å². The van der Waals surface area contributed by atoms with Crippen LogP contribution in [0.1, 0.15) is 37.4 Å². The first kappa shape index (κ1) is 30.9. The smallest absolute Gasteiger partial charge is 0.260 e. The molecule has 2 aromatic heterocycles. The highest BCUT2D eigenvalue weighted by Crippen LogP contribution is 2.32. The van der Waals surface area contributed by atoms with E-state index < -0.39 is 67.8 Å². The molecule has 2 aromatic carbocycles. The van der Waals surface area contributed by atoms with Crippen LogP contribution in [0.3, 0.4) is 0 Å². The van der Waals surface area contributed by atoms with Crippen molar-refractivity contribution >= 4 is 32.7 Å². The van der Waals surface area contributed by atoms with Gasteiger partial charge in [0, 0.05) is 48.7 Å². The molecule has 3 heterocycles. The number of pyridine rings is 1. The standard InChI is InChI=1S/C29H27F4N7O3S/c1-15(2)40-27-18(11-36-29(38-27)37-20-8-19(30)12-35-13-20)7-22(28(40)41)21-9-23(31)26(25(33)24(21)32)39-44(42,43)14-17-5-3-16(10-34)4-6-17/h3-7,9,11,15,19-20,35,39H,8,12-14H2,1-2H3,(H,36,37,38)/t19-,20-/m0/s1.